The lowest BCUT2D eigenvalue weighted by Crippen LogP contribution is -2.36. The molecule has 0 aliphatic carbocycles. The van der Waals surface area contributed by atoms with Gasteiger partial charge >= 0.3 is 0 Å². The molecule has 0 unspecified atom stereocenters. The van der Waals surface area contributed by atoms with Crippen molar-refractivity contribution < 1.29 is 0 Å². The normalized spacial score (nSPS) is 11.7. The van der Waals surface area contributed by atoms with Gasteiger partial charge in [-0.2, -0.15) is 0 Å². The second-order valence-corrected chi connectivity index (χ2v) is 6.30. The van der Waals surface area contributed by atoms with Crippen LogP contribution in [-0.4, -0.2) is 24.9 Å². The standard InChI is InChI=1S/C19H19N3S/c1-22(2)21-19(18-9-6-14-23-18)20-17-12-10-16(11-13-17)15-7-4-3-5-8-15/h3-14H,1-2H3,(H,20,21). The summed E-state index contributed by atoms with van der Waals surface area (Å²) >= 11 is 1.67. The van der Waals surface area contributed by atoms with Gasteiger partial charge in [-0.3, -0.25) is 0 Å². The van der Waals surface area contributed by atoms with Crippen LogP contribution < -0.4 is 5.43 Å². The van der Waals surface area contributed by atoms with Crippen LogP contribution in [0.5, 0.6) is 0 Å². The van der Waals surface area contributed by atoms with Crippen molar-refractivity contribution in [2.45, 2.75) is 0 Å². The summed E-state index contributed by atoms with van der Waals surface area (Å²) in [5, 5.41) is 3.96. The molecule has 0 aliphatic rings. The van der Waals surface area contributed by atoms with Crippen molar-refractivity contribution in [3.05, 3.63) is 77.0 Å². The van der Waals surface area contributed by atoms with Crippen molar-refractivity contribution >= 4 is 22.9 Å². The zero-order valence-corrected chi connectivity index (χ0v) is 14.0. The summed E-state index contributed by atoms with van der Waals surface area (Å²) in [4.78, 5) is 5.87. The number of rotatable bonds is 4. The van der Waals surface area contributed by atoms with Crippen LogP contribution in [0.15, 0.2) is 77.1 Å². The average molecular weight is 321 g/mol. The van der Waals surface area contributed by atoms with E-state index in [1.165, 1.54) is 11.1 Å². The summed E-state index contributed by atoms with van der Waals surface area (Å²) in [5.41, 5.74) is 6.62. The molecule has 1 aromatic heterocycles. The van der Waals surface area contributed by atoms with Gasteiger partial charge in [0.25, 0.3) is 0 Å². The fourth-order valence-corrected chi connectivity index (χ4v) is 2.91. The first-order valence-corrected chi connectivity index (χ1v) is 8.32. The van der Waals surface area contributed by atoms with Gasteiger partial charge < -0.3 is 5.43 Å². The lowest BCUT2D eigenvalue weighted by atomic mass is 10.1. The molecule has 0 aliphatic heterocycles. The van der Waals surface area contributed by atoms with Gasteiger partial charge in [0.1, 0.15) is 0 Å². The van der Waals surface area contributed by atoms with Gasteiger partial charge in [-0.05, 0) is 34.7 Å². The Balaban J connectivity index is 1.88. The Bertz CT molecular complexity index is 760. The lowest BCUT2D eigenvalue weighted by molar-refractivity contribution is 0.363. The SMILES string of the molecule is CN(C)NC(=Nc1ccc(-c2ccccc2)cc1)c1cccs1. The average Bonchev–Trinajstić information content (AvgIpc) is 3.10. The monoisotopic (exact) mass is 321 g/mol. The number of thiophene rings is 1. The van der Waals surface area contributed by atoms with E-state index in [4.69, 9.17) is 4.99 Å². The minimum Gasteiger partial charge on any atom is -0.302 e. The molecular formula is C19H19N3S. The number of hydrazine groups is 1. The molecule has 0 fully saturated rings. The van der Waals surface area contributed by atoms with Gasteiger partial charge in [0.05, 0.1) is 10.6 Å². The molecule has 116 valence electrons. The van der Waals surface area contributed by atoms with Crippen molar-refractivity contribution in [3.63, 3.8) is 0 Å². The largest absolute Gasteiger partial charge is 0.302 e. The maximum Gasteiger partial charge on any atom is 0.158 e. The molecule has 0 saturated carbocycles. The summed E-state index contributed by atoms with van der Waals surface area (Å²) in [5.74, 6) is 0.859. The van der Waals surface area contributed by atoms with E-state index in [0.29, 0.717) is 0 Å². The second kappa shape index (κ2) is 7.22. The Hall–Kier alpha value is -2.43. The van der Waals surface area contributed by atoms with E-state index < -0.39 is 0 Å². The van der Waals surface area contributed by atoms with E-state index in [1.807, 2.05) is 43.4 Å². The molecule has 3 rings (SSSR count). The van der Waals surface area contributed by atoms with Crippen LogP contribution >= 0.6 is 11.3 Å². The number of hydrogen-bond acceptors (Lipinski definition) is 3. The Labute approximate surface area is 140 Å². The number of aliphatic imine (C=N–C) groups is 1. The van der Waals surface area contributed by atoms with Gasteiger partial charge in [-0.1, -0.05) is 48.5 Å². The van der Waals surface area contributed by atoms with Crippen LogP contribution in [0.3, 0.4) is 0 Å². The van der Waals surface area contributed by atoms with Gasteiger partial charge in [-0.25, -0.2) is 10.0 Å². The van der Waals surface area contributed by atoms with Crippen LogP contribution in [0, 0.1) is 0 Å². The summed E-state index contributed by atoms with van der Waals surface area (Å²) in [6.45, 7) is 0. The Morgan fingerprint density at radius 3 is 2.17 bits per heavy atom. The fourth-order valence-electron chi connectivity index (χ4n) is 2.25. The second-order valence-electron chi connectivity index (χ2n) is 5.36. The third-order valence-corrected chi connectivity index (χ3v) is 4.18. The van der Waals surface area contributed by atoms with E-state index >= 15 is 0 Å². The quantitative estimate of drug-likeness (QED) is 0.433. The van der Waals surface area contributed by atoms with E-state index in [9.17, 15) is 0 Å². The van der Waals surface area contributed by atoms with Crippen molar-refractivity contribution in [2.24, 2.45) is 4.99 Å². The predicted molar refractivity (Wildman–Crippen MR) is 99.2 cm³/mol. The van der Waals surface area contributed by atoms with E-state index in [1.54, 1.807) is 11.3 Å². The number of benzene rings is 2. The maximum absolute atomic E-state index is 4.75. The van der Waals surface area contributed by atoms with Crippen LogP contribution in [0.1, 0.15) is 4.88 Å². The highest BCUT2D eigenvalue weighted by Crippen LogP contribution is 2.23. The smallest absolute Gasteiger partial charge is 0.158 e. The van der Waals surface area contributed by atoms with Crippen LogP contribution in [0.4, 0.5) is 5.69 Å². The van der Waals surface area contributed by atoms with E-state index in [2.05, 4.69) is 53.3 Å². The van der Waals surface area contributed by atoms with Gasteiger partial charge in [0.2, 0.25) is 0 Å². The zero-order valence-electron chi connectivity index (χ0n) is 13.2. The third kappa shape index (κ3) is 4.06. The van der Waals surface area contributed by atoms with Crippen molar-refractivity contribution in [1.29, 1.82) is 0 Å². The summed E-state index contributed by atoms with van der Waals surface area (Å²) in [6.07, 6.45) is 0. The topological polar surface area (TPSA) is 27.6 Å². The van der Waals surface area contributed by atoms with E-state index in [-0.39, 0.29) is 0 Å². The highest BCUT2D eigenvalue weighted by atomic mass is 32.1. The molecule has 23 heavy (non-hydrogen) atoms. The Morgan fingerprint density at radius 2 is 1.57 bits per heavy atom. The van der Waals surface area contributed by atoms with Crippen LogP contribution in [0.2, 0.25) is 0 Å². The molecule has 0 spiro atoms. The molecule has 3 nitrogen and oxygen atoms in total. The predicted octanol–water partition coefficient (Wildman–Crippen LogP) is 4.56. The molecule has 1 heterocycles. The van der Waals surface area contributed by atoms with Gasteiger partial charge in [-0.15, -0.1) is 11.3 Å². The first kappa shape index (κ1) is 15.5. The van der Waals surface area contributed by atoms with Crippen molar-refractivity contribution in [1.82, 2.24) is 10.4 Å². The maximum atomic E-state index is 4.75. The fraction of sp³-hybridized carbons (Fsp3) is 0.105. The minimum atomic E-state index is 0.859. The van der Waals surface area contributed by atoms with Crippen LogP contribution in [0.25, 0.3) is 11.1 Å². The molecule has 3 aromatic rings. The number of nitrogens with one attached hydrogen (secondary N) is 1. The van der Waals surface area contributed by atoms with Crippen molar-refractivity contribution in [2.75, 3.05) is 14.1 Å². The molecule has 0 bridgehead atoms. The molecule has 0 saturated heterocycles. The Kier molecular flexibility index (Phi) is 4.86. The highest BCUT2D eigenvalue weighted by Gasteiger charge is 2.06. The van der Waals surface area contributed by atoms with Gasteiger partial charge in [0.15, 0.2) is 5.84 Å². The number of amidine groups is 1. The van der Waals surface area contributed by atoms with Gasteiger partial charge in [0, 0.05) is 14.1 Å². The van der Waals surface area contributed by atoms with Crippen molar-refractivity contribution in [3.8, 4) is 11.1 Å². The first-order chi connectivity index (χ1) is 11.2. The molecule has 0 atom stereocenters. The lowest BCUT2D eigenvalue weighted by Gasteiger charge is -2.14. The molecule has 2 aromatic carbocycles. The zero-order chi connectivity index (χ0) is 16.1. The summed E-state index contributed by atoms with van der Waals surface area (Å²) in [6, 6.07) is 22.8. The molecule has 4 heteroatoms. The molecule has 1 N–H and O–H groups in total. The molecular weight excluding hydrogens is 302 g/mol. The summed E-state index contributed by atoms with van der Waals surface area (Å²) < 4.78 is 0. The van der Waals surface area contributed by atoms with Crippen LogP contribution in [-0.2, 0) is 0 Å². The molecule has 0 amide bonds. The Morgan fingerprint density at radius 1 is 0.870 bits per heavy atom. The van der Waals surface area contributed by atoms with E-state index in [0.717, 1.165) is 16.4 Å². The molecule has 0 radical (unpaired) electrons. The summed E-state index contributed by atoms with van der Waals surface area (Å²) in [7, 11) is 3.92. The third-order valence-electron chi connectivity index (χ3n) is 3.30. The highest BCUT2D eigenvalue weighted by molar-refractivity contribution is 7.12. The first-order valence-electron chi connectivity index (χ1n) is 7.44. The number of nitrogens with zero attached hydrogens (tertiary/aromatic N) is 2. The minimum absolute atomic E-state index is 0.859. The number of hydrogen-bond donors (Lipinski definition) is 1.